The van der Waals surface area contributed by atoms with Gasteiger partial charge in [-0.25, -0.2) is 9.97 Å². The lowest BCUT2D eigenvalue weighted by atomic mass is 10.0. The van der Waals surface area contributed by atoms with Gasteiger partial charge in [0.2, 0.25) is 5.88 Å². The number of fused-ring (bicyclic) bond motifs is 1. The maximum atomic E-state index is 5.11. The number of hydrogen-bond acceptors (Lipinski definition) is 4. The molecule has 0 aliphatic heterocycles. The minimum atomic E-state index is 0.643. The smallest absolute Gasteiger partial charge is 0.212 e. The summed E-state index contributed by atoms with van der Waals surface area (Å²) in [6.07, 6.45) is 8.48. The summed E-state index contributed by atoms with van der Waals surface area (Å²) in [6.45, 7) is 4.16. The van der Waals surface area contributed by atoms with Gasteiger partial charge in [0.05, 0.1) is 7.11 Å². The molecule has 28 heavy (non-hydrogen) atoms. The summed E-state index contributed by atoms with van der Waals surface area (Å²) in [6, 6.07) is 10.5. The van der Waals surface area contributed by atoms with Gasteiger partial charge in [0.15, 0.2) is 0 Å². The molecule has 0 aliphatic rings. The summed E-state index contributed by atoms with van der Waals surface area (Å²) in [5, 5.41) is 1.19. The lowest BCUT2D eigenvalue weighted by molar-refractivity contribution is 0.397. The third-order valence-electron chi connectivity index (χ3n) is 5.06. The predicted octanol–water partition coefficient (Wildman–Crippen LogP) is 4.35. The molecular formula is C23H24N4O. The van der Waals surface area contributed by atoms with E-state index in [2.05, 4.69) is 59.3 Å². The minimum absolute atomic E-state index is 0.643. The number of H-pyrrole nitrogens is 1. The van der Waals surface area contributed by atoms with Crippen molar-refractivity contribution in [2.24, 2.45) is 0 Å². The lowest BCUT2D eigenvalue weighted by Crippen LogP contribution is -2.00. The number of aryl methyl sites for hydroxylation is 4. The van der Waals surface area contributed by atoms with E-state index in [1.165, 1.54) is 27.6 Å². The molecule has 0 unspecified atom stereocenters. The molecule has 0 aliphatic carbocycles. The third-order valence-corrected chi connectivity index (χ3v) is 5.06. The molecule has 5 nitrogen and oxygen atoms in total. The molecule has 4 aromatic rings. The maximum absolute atomic E-state index is 5.11. The van der Waals surface area contributed by atoms with E-state index in [0.717, 1.165) is 36.3 Å². The summed E-state index contributed by atoms with van der Waals surface area (Å²) < 4.78 is 5.11. The number of nitrogens with zero attached hydrogens (tertiary/aromatic N) is 3. The molecule has 0 spiro atoms. The zero-order valence-electron chi connectivity index (χ0n) is 16.5. The number of rotatable bonds is 6. The molecule has 0 aromatic carbocycles. The van der Waals surface area contributed by atoms with E-state index < -0.39 is 0 Å². The van der Waals surface area contributed by atoms with Crippen molar-refractivity contribution in [3.63, 3.8) is 0 Å². The van der Waals surface area contributed by atoms with Crippen LogP contribution in [0.25, 0.3) is 11.0 Å². The highest BCUT2D eigenvalue weighted by Gasteiger charge is 2.09. The highest BCUT2D eigenvalue weighted by molar-refractivity contribution is 5.80. The summed E-state index contributed by atoms with van der Waals surface area (Å²) in [4.78, 5) is 16.8. The van der Waals surface area contributed by atoms with Gasteiger partial charge >= 0.3 is 0 Å². The SMILES string of the molecule is COc1ccc(CCc2ccc(Cc3c[nH]c4ncc(C)cc34)c(C)n2)cn1. The minimum Gasteiger partial charge on any atom is -0.481 e. The van der Waals surface area contributed by atoms with E-state index in [0.29, 0.717) is 5.88 Å². The molecule has 0 atom stereocenters. The van der Waals surface area contributed by atoms with Gasteiger partial charge in [-0.1, -0.05) is 12.1 Å². The van der Waals surface area contributed by atoms with Crippen molar-refractivity contribution in [3.8, 4) is 5.88 Å². The molecule has 0 amide bonds. The van der Waals surface area contributed by atoms with Gasteiger partial charge in [0.1, 0.15) is 5.65 Å². The summed E-state index contributed by atoms with van der Waals surface area (Å²) >= 11 is 0. The Morgan fingerprint density at radius 1 is 0.964 bits per heavy atom. The molecule has 1 N–H and O–H groups in total. The van der Waals surface area contributed by atoms with Gasteiger partial charge in [0.25, 0.3) is 0 Å². The van der Waals surface area contributed by atoms with Gasteiger partial charge in [-0.05, 0) is 61.1 Å². The van der Waals surface area contributed by atoms with Gasteiger partial charge in [-0.2, -0.15) is 0 Å². The van der Waals surface area contributed by atoms with Crippen LogP contribution in [0.1, 0.15) is 33.6 Å². The van der Waals surface area contributed by atoms with Crippen molar-refractivity contribution in [1.82, 2.24) is 19.9 Å². The first-order valence-corrected chi connectivity index (χ1v) is 9.49. The van der Waals surface area contributed by atoms with Crippen LogP contribution in [-0.2, 0) is 19.3 Å². The Kier molecular flexibility index (Phi) is 5.06. The van der Waals surface area contributed by atoms with Crippen molar-refractivity contribution >= 4 is 11.0 Å². The van der Waals surface area contributed by atoms with E-state index in [9.17, 15) is 0 Å². The van der Waals surface area contributed by atoms with Gasteiger partial charge in [-0.3, -0.25) is 4.98 Å². The number of nitrogens with one attached hydrogen (secondary N) is 1. The highest BCUT2D eigenvalue weighted by atomic mass is 16.5. The van der Waals surface area contributed by atoms with Crippen molar-refractivity contribution < 1.29 is 4.74 Å². The fraction of sp³-hybridized carbons (Fsp3) is 0.261. The van der Waals surface area contributed by atoms with Crippen LogP contribution in [0.4, 0.5) is 0 Å². The molecule has 0 saturated carbocycles. The van der Waals surface area contributed by atoms with Crippen LogP contribution >= 0.6 is 0 Å². The van der Waals surface area contributed by atoms with Gasteiger partial charge in [-0.15, -0.1) is 0 Å². The first kappa shape index (κ1) is 18.2. The lowest BCUT2D eigenvalue weighted by Gasteiger charge is -2.08. The number of aromatic amines is 1. The number of ether oxygens (including phenoxy) is 1. The summed E-state index contributed by atoms with van der Waals surface area (Å²) in [5.74, 6) is 0.643. The fourth-order valence-corrected chi connectivity index (χ4v) is 3.43. The van der Waals surface area contributed by atoms with Crippen LogP contribution in [0.5, 0.6) is 5.88 Å². The largest absolute Gasteiger partial charge is 0.481 e. The van der Waals surface area contributed by atoms with E-state index >= 15 is 0 Å². The quantitative estimate of drug-likeness (QED) is 0.546. The molecule has 4 heterocycles. The molecule has 5 heteroatoms. The van der Waals surface area contributed by atoms with E-state index in [-0.39, 0.29) is 0 Å². The molecule has 0 saturated heterocycles. The Morgan fingerprint density at radius 2 is 1.86 bits per heavy atom. The van der Waals surface area contributed by atoms with Crippen LogP contribution in [0.3, 0.4) is 0 Å². The first-order valence-electron chi connectivity index (χ1n) is 9.49. The number of aromatic nitrogens is 4. The molecule has 0 fully saturated rings. The molecule has 0 radical (unpaired) electrons. The second-order valence-electron chi connectivity index (χ2n) is 7.16. The third kappa shape index (κ3) is 3.88. The molecule has 0 bridgehead atoms. The first-order chi connectivity index (χ1) is 13.6. The number of pyridine rings is 3. The Morgan fingerprint density at radius 3 is 2.61 bits per heavy atom. The summed E-state index contributed by atoms with van der Waals surface area (Å²) in [7, 11) is 1.63. The van der Waals surface area contributed by atoms with E-state index in [4.69, 9.17) is 9.72 Å². The maximum Gasteiger partial charge on any atom is 0.212 e. The topological polar surface area (TPSA) is 63.7 Å². The second-order valence-corrected chi connectivity index (χ2v) is 7.16. The van der Waals surface area contributed by atoms with Crippen molar-refractivity contribution in [2.45, 2.75) is 33.1 Å². The van der Waals surface area contributed by atoms with Crippen molar-refractivity contribution in [2.75, 3.05) is 7.11 Å². The molecule has 4 rings (SSSR count). The Hall–Kier alpha value is -3.21. The van der Waals surface area contributed by atoms with E-state index in [1.807, 2.05) is 18.5 Å². The van der Waals surface area contributed by atoms with Crippen LogP contribution < -0.4 is 4.74 Å². The zero-order chi connectivity index (χ0) is 19.5. The van der Waals surface area contributed by atoms with Crippen molar-refractivity contribution in [3.05, 3.63) is 82.6 Å². The van der Waals surface area contributed by atoms with Crippen LogP contribution in [0, 0.1) is 13.8 Å². The molecule has 4 aromatic heterocycles. The molecular weight excluding hydrogens is 348 g/mol. The normalized spacial score (nSPS) is 11.1. The Bertz CT molecular complexity index is 1100. The average molecular weight is 372 g/mol. The van der Waals surface area contributed by atoms with E-state index in [1.54, 1.807) is 7.11 Å². The zero-order valence-corrected chi connectivity index (χ0v) is 16.5. The van der Waals surface area contributed by atoms with Gasteiger partial charge < -0.3 is 9.72 Å². The summed E-state index contributed by atoms with van der Waals surface area (Å²) in [5.41, 5.74) is 7.99. The number of hydrogen-bond donors (Lipinski definition) is 1. The standard InChI is InChI=1S/C23H24N4O/c1-15-10-21-19(14-26-23(21)25-12-15)11-18-6-8-20(27-16(18)2)7-4-17-5-9-22(28-3)24-13-17/h5-6,8-10,12-14H,4,7,11H2,1-3H3,(H,25,26). The average Bonchev–Trinajstić information content (AvgIpc) is 3.10. The van der Waals surface area contributed by atoms with Crippen LogP contribution in [0.2, 0.25) is 0 Å². The highest BCUT2D eigenvalue weighted by Crippen LogP contribution is 2.22. The molecule has 142 valence electrons. The fourth-order valence-electron chi connectivity index (χ4n) is 3.43. The Balaban J connectivity index is 1.47. The van der Waals surface area contributed by atoms with Gasteiger partial charge in [0, 0.05) is 47.9 Å². The monoisotopic (exact) mass is 372 g/mol. The second kappa shape index (κ2) is 7.80. The Labute approximate surface area is 164 Å². The van der Waals surface area contributed by atoms with Crippen LogP contribution in [0.15, 0.2) is 48.9 Å². The number of methoxy groups -OCH3 is 1. The van der Waals surface area contributed by atoms with Crippen molar-refractivity contribution in [1.29, 1.82) is 0 Å². The van der Waals surface area contributed by atoms with Crippen LogP contribution in [-0.4, -0.2) is 27.0 Å². The predicted molar refractivity (Wildman–Crippen MR) is 111 cm³/mol.